The third-order valence-corrected chi connectivity index (χ3v) is 7.52. The number of piperidine rings is 1. The van der Waals surface area contributed by atoms with Gasteiger partial charge in [-0.2, -0.15) is 0 Å². The minimum Gasteiger partial charge on any atom is -0.478 e. The third-order valence-electron chi connectivity index (χ3n) is 6.56. The molecular weight excluding hydrogens is 450 g/mol. The summed E-state index contributed by atoms with van der Waals surface area (Å²) < 4.78 is 5.87. The van der Waals surface area contributed by atoms with Gasteiger partial charge < -0.3 is 9.84 Å². The maximum absolute atomic E-state index is 12.6. The first kappa shape index (κ1) is 24.2. The zero-order chi connectivity index (χ0) is 24.3. The molecule has 3 heterocycles. The Morgan fingerprint density at radius 3 is 2.59 bits per heavy atom. The van der Waals surface area contributed by atoms with Gasteiger partial charge in [0.25, 0.3) is 0 Å². The molecule has 2 aliphatic rings. The maximum atomic E-state index is 12.6. The number of aliphatic carboxylic acids is 1. The van der Waals surface area contributed by atoms with Gasteiger partial charge in [0.05, 0.1) is 17.2 Å². The number of nitrogens with zero attached hydrogens (tertiary/aromatic N) is 3. The molecule has 1 amide bonds. The number of likely N-dealkylation sites (tertiary alicyclic amines) is 1. The van der Waals surface area contributed by atoms with Crippen molar-refractivity contribution in [2.45, 2.75) is 52.2 Å². The van der Waals surface area contributed by atoms with Gasteiger partial charge in [-0.05, 0) is 26.3 Å². The number of hydrogen-bond donors (Lipinski definition) is 1. The second-order valence-corrected chi connectivity index (χ2v) is 10.2. The zero-order valence-corrected chi connectivity index (χ0v) is 20.7. The Morgan fingerprint density at radius 2 is 1.94 bits per heavy atom. The first-order chi connectivity index (χ1) is 16.3. The summed E-state index contributed by atoms with van der Waals surface area (Å²) in [4.78, 5) is 33.9. The van der Waals surface area contributed by atoms with Crippen LogP contribution in [0, 0.1) is 6.92 Å². The van der Waals surface area contributed by atoms with E-state index in [1.54, 1.807) is 35.3 Å². The molecule has 0 bridgehead atoms. The molecule has 34 heavy (non-hydrogen) atoms. The third kappa shape index (κ3) is 5.23. The molecule has 8 heteroatoms. The fraction of sp³-hybridized carbons (Fsp3) is 0.423. The van der Waals surface area contributed by atoms with Crippen molar-refractivity contribution in [3.8, 4) is 11.3 Å². The van der Waals surface area contributed by atoms with E-state index >= 15 is 0 Å². The van der Waals surface area contributed by atoms with Crippen LogP contribution in [0.2, 0.25) is 0 Å². The van der Waals surface area contributed by atoms with Crippen molar-refractivity contribution < 1.29 is 19.4 Å². The average Bonchev–Trinajstić information content (AvgIpc) is 3.35. The quantitative estimate of drug-likeness (QED) is 0.431. The molecular formula is C26H31N3O4S. The van der Waals surface area contributed by atoms with Crippen molar-refractivity contribution in [2.24, 2.45) is 0 Å². The van der Waals surface area contributed by atoms with Crippen LogP contribution in [0.5, 0.6) is 0 Å². The molecule has 1 aromatic heterocycles. The predicted molar refractivity (Wildman–Crippen MR) is 132 cm³/mol. The van der Waals surface area contributed by atoms with Crippen molar-refractivity contribution in [3.63, 3.8) is 0 Å². The normalized spacial score (nSPS) is 19.0. The predicted octanol–water partition coefficient (Wildman–Crippen LogP) is 5.23. The number of carbonyl (C=O) groups is 2. The van der Waals surface area contributed by atoms with E-state index in [9.17, 15) is 14.7 Å². The lowest BCUT2D eigenvalue weighted by Gasteiger charge is -2.37. The summed E-state index contributed by atoms with van der Waals surface area (Å²) in [6, 6.07) is 10.3. The van der Waals surface area contributed by atoms with E-state index < -0.39 is 11.6 Å². The van der Waals surface area contributed by atoms with Crippen LogP contribution in [0.4, 0.5) is 4.79 Å². The number of carboxylic acid groups (broad SMARTS) is 1. The summed E-state index contributed by atoms with van der Waals surface area (Å²) in [7, 11) is 0. The number of aromatic nitrogens is 1. The second-order valence-electron chi connectivity index (χ2n) is 8.94. The fourth-order valence-electron chi connectivity index (χ4n) is 4.53. The molecule has 1 aromatic carbocycles. The highest BCUT2D eigenvalue weighted by Crippen LogP contribution is 2.36. The number of hydrogen-bond acceptors (Lipinski definition) is 6. The van der Waals surface area contributed by atoms with Gasteiger partial charge in [0.2, 0.25) is 0 Å². The highest BCUT2D eigenvalue weighted by Gasteiger charge is 2.47. The minimum atomic E-state index is -0.939. The lowest BCUT2D eigenvalue weighted by molar-refractivity contribution is -0.132. The summed E-state index contributed by atoms with van der Waals surface area (Å²) in [5, 5.41) is 10.3. The number of thiazole rings is 1. The van der Waals surface area contributed by atoms with Crippen LogP contribution in [-0.2, 0) is 16.1 Å². The Labute approximate surface area is 204 Å². The van der Waals surface area contributed by atoms with E-state index in [0.717, 1.165) is 48.7 Å². The summed E-state index contributed by atoms with van der Waals surface area (Å²) in [5.41, 5.74) is 2.72. The van der Waals surface area contributed by atoms with Crippen LogP contribution in [0.3, 0.4) is 0 Å². The molecule has 2 aliphatic heterocycles. The second kappa shape index (κ2) is 10.1. The molecule has 1 spiro atoms. The standard InChI is InChI=1S/C26H31N3O4S/c1-4-20(24(30)31)11-10-18(2)29-17-26(33-25(29)32)12-14-28(15-13-26)16-22-23(27-19(3)34-22)21-8-6-5-7-9-21/h5-11H,4,12-17H2,1-3H3,(H,30,31)/b18-10+,20-11+. The Hall–Kier alpha value is -2.97. The highest BCUT2D eigenvalue weighted by atomic mass is 32.1. The molecule has 0 aliphatic carbocycles. The number of rotatable bonds is 7. The van der Waals surface area contributed by atoms with E-state index in [2.05, 4.69) is 17.0 Å². The molecule has 1 N–H and O–H groups in total. The van der Waals surface area contributed by atoms with Crippen molar-refractivity contribution in [1.29, 1.82) is 0 Å². The van der Waals surface area contributed by atoms with Crippen molar-refractivity contribution >= 4 is 23.4 Å². The van der Waals surface area contributed by atoms with Crippen molar-refractivity contribution in [1.82, 2.24) is 14.8 Å². The van der Waals surface area contributed by atoms with E-state index in [-0.39, 0.29) is 6.09 Å². The molecule has 2 saturated heterocycles. The van der Waals surface area contributed by atoms with E-state index in [4.69, 9.17) is 9.72 Å². The molecule has 7 nitrogen and oxygen atoms in total. The molecule has 4 rings (SSSR count). The smallest absolute Gasteiger partial charge is 0.414 e. The van der Waals surface area contributed by atoms with Crippen LogP contribution >= 0.6 is 11.3 Å². The molecule has 0 saturated carbocycles. The van der Waals surface area contributed by atoms with E-state index in [1.165, 1.54) is 4.88 Å². The van der Waals surface area contributed by atoms with Crippen molar-refractivity contribution in [2.75, 3.05) is 19.6 Å². The van der Waals surface area contributed by atoms with Crippen LogP contribution in [-0.4, -0.2) is 57.2 Å². The first-order valence-corrected chi connectivity index (χ1v) is 12.5. The van der Waals surface area contributed by atoms with Gasteiger partial charge in [-0.15, -0.1) is 11.3 Å². The summed E-state index contributed by atoms with van der Waals surface area (Å²) in [5.74, 6) is -0.939. The number of amides is 1. The van der Waals surface area contributed by atoms with Gasteiger partial charge >= 0.3 is 12.1 Å². The Bertz CT molecular complexity index is 1110. The van der Waals surface area contributed by atoms with Gasteiger partial charge in [0.15, 0.2) is 0 Å². The Kier molecular flexibility index (Phi) is 7.19. The SMILES string of the molecule is CC/C(=C\C=C(/C)N1CC2(CCN(Cc3sc(C)nc3-c3ccccc3)CC2)OC1=O)C(=O)O. The number of allylic oxidation sites excluding steroid dienone is 3. The molecule has 2 aromatic rings. The summed E-state index contributed by atoms with van der Waals surface area (Å²) in [6.45, 7) is 8.68. The van der Waals surface area contributed by atoms with Gasteiger partial charge in [-0.25, -0.2) is 14.6 Å². The summed E-state index contributed by atoms with van der Waals surface area (Å²) >= 11 is 1.74. The Morgan fingerprint density at radius 1 is 1.24 bits per heavy atom. The molecule has 0 unspecified atom stereocenters. The lowest BCUT2D eigenvalue weighted by atomic mass is 9.91. The summed E-state index contributed by atoms with van der Waals surface area (Å²) in [6.07, 6.45) is 4.88. The van der Waals surface area contributed by atoms with Crippen LogP contribution in [0.1, 0.15) is 43.0 Å². The van der Waals surface area contributed by atoms with Gasteiger partial charge in [-0.1, -0.05) is 43.3 Å². The van der Waals surface area contributed by atoms with Gasteiger partial charge in [0, 0.05) is 54.2 Å². The molecule has 0 radical (unpaired) electrons. The van der Waals surface area contributed by atoms with Gasteiger partial charge in [0.1, 0.15) is 5.60 Å². The monoisotopic (exact) mass is 481 g/mol. The van der Waals surface area contributed by atoms with Crippen LogP contribution in [0.25, 0.3) is 11.3 Å². The van der Waals surface area contributed by atoms with Crippen LogP contribution < -0.4 is 0 Å². The van der Waals surface area contributed by atoms with Gasteiger partial charge in [-0.3, -0.25) is 9.80 Å². The number of carbonyl (C=O) groups excluding carboxylic acids is 1. The topological polar surface area (TPSA) is 83.0 Å². The lowest BCUT2D eigenvalue weighted by Crippen LogP contribution is -2.46. The van der Waals surface area contributed by atoms with E-state index in [1.807, 2.05) is 32.0 Å². The minimum absolute atomic E-state index is 0.308. The largest absolute Gasteiger partial charge is 0.478 e. The fourth-order valence-corrected chi connectivity index (χ4v) is 5.53. The average molecular weight is 482 g/mol. The van der Waals surface area contributed by atoms with Crippen molar-refractivity contribution in [3.05, 3.63) is 63.6 Å². The zero-order valence-electron chi connectivity index (χ0n) is 19.9. The highest BCUT2D eigenvalue weighted by molar-refractivity contribution is 7.12. The molecule has 180 valence electrons. The van der Waals surface area contributed by atoms with E-state index in [0.29, 0.717) is 24.2 Å². The Balaban J connectivity index is 1.40. The molecule has 0 atom stereocenters. The number of aryl methyl sites for hydroxylation is 1. The van der Waals surface area contributed by atoms with Crippen LogP contribution in [0.15, 0.2) is 53.8 Å². The number of ether oxygens (including phenoxy) is 1. The number of carboxylic acids is 1. The molecule has 2 fully saturated rings. The number of benzene rings is 1. The first-order valence-electron chi connectivity index (χ1n) is 11.7. The maximum Gasteiger partial charge on any atom is 0.414 e.